The van der Waals surface area contributed by atoms with Crippen molar-refractivity contribution in [3.05, 3.63) is 58.2 Å². The maximum absolute atomic E-state index is 12.0. The van der Waals surface area contributed by atoms with E-state index in [4.69, 9.17) is 0 Å². The summed E-state index contributed by atoms with van der Waals surface area (Å²) in [6.45, 7) is 3.61. The van der Waals surface area contributed by atoms with Gasteiger partial charge in [-0.05, 0) is 36.1 Å². The van der Waals surface area contributed by atoms with Crippen LogP contribution in [0.2, 0.25) is 0 Å². The van der Waals surface area contributed by atoms with Gasteiger partial charge in [-0.2, -0.15) is 0 Å². The lowest BCUT2D eigenvalue weighted by atomic mass is 9.70. The van der Waals surface area contributed by atoms with Gasteiger partial charge in [0.15, 0.2) is 0 Å². The number of aryl methyl sites for hydroxylation is 1. The highest BCUT2D eigenvalue weighted by Gasteiger charge is 2.43. The molecule has 0 fully saturated rings. The Kier molecular flexibility index (Phi) is 4.56. The highest BCUT2D eigenvalue weighted by molar-refractivity contribution is 9.08. The molecule has 0 saturated heterocycles. The van der Waals surface area contributed by atoms with Crippen LogP contribution in [0.15, 0.2) is 41.5 Å². The van der Waals surface area contributed by atoms with Crippen molar-refractivity contribution in [1.82, 2.24) is 0 Å². The van der Waals surface area contributed by atoms with Crippen LogP contribution in [0, 0.1) is 6.92 Å². The number of benzene rings is 1. The summed E-state index contributed by atoms with van der Waals surface area (Å²) in [5.74, 6) is -2.11. The fourth-order valence-electron chi connectivity index (χ4n) is 2.83. The third-order valence-electron chi connectivity index (χ3n) is 4.21. The van der Waals surface area contributed by atoms with Gasteiger partial charge in [-0.15, -0.1) is 0 Å². The Hall–Kier alpha value is -1.88. The molecule has 0 aromatic heterocycles. The minimum Gasteiger partial charge on any atom is -0.480 e. The van der Waals surface area contributed by atoms with E-state index in [0.717, 1.165) is 11.1 Å². The number of hydrogen-bond donors (Lipinski definition) is 2. The second-order valence-electron chi connectivity index (χ2n) is 5.49. The number of aliphatic carboxylic acids is 2. The lowest BCUT2D eigenvalue weighted by Crippen LogP contribution is -2.38. The minimum atomic E-state index is -1.34. The third-order valence-corrected chi connectivity index (χ3v) is 4.77. The van der Waals surface area contributed by atoms with Gasteiger partial charge < -0.3 is 10.2 Å². The highest BCUT2D eigenvalue weighted by Crippen LogP contribution is 2.41. The molecular formula is C17H17BrO4. The number of rotatable bonds is 4. The molecule has 1 aromatic carbocycles. The Balaban J connectivity index is 2.68. The van der Waals surface area contributed by atoms with Gasteiger partial charge in [0.1, 0.15) is 5.41 Å². The van der Waals surface area contributed by atoms with Crippen molar-refractivity contribution in [1.29, 1.82) is 0 Å². The predicted molar refractivity (Wildman–Crippen MR) is 87.2 cm³/mol. The number of hydrogen-bond acceptors (Lipinski definition) is 2. The van der Waals surface area contributed by atoms with Crippen molar-refractivity contribution in [2.24, 2.45) is 0 Å². The Morgan fingerprint density at radius 1 is 1.27 bits per heavy atom. The van der Waals surface area contributed by atoms with E-state index in [0.29, 0.717) is 16.5 Å². The van der Waals surface area contributed by atoms with E-state index in [9.17, 15) is 19.8 Å². The van der Waals surface area contributed by atoms with Crippen LogP contribution in [-0.4, -0.2) is 22.2 Å². The first kappa shape index (κ1) is 16.5. The van der Waals surface area contributed by atoms with Crippen LogP contribution in [0.25, 0.3) is 0 Å². The summed E-state index contributed by atoms with van der Waals surface area (Å²) in [6.07, 6.45) is 3.16. The first-order chi connectivity index (χ1) is 10.3. The van der Waals surface area contributed by atoms with E-state index >= 15 is 0 Å². The molecule has 1 aliphatic carbocycles. The molecular weight excluding hydrogens is 348 g/mol. The molecule has 0 heterocycles. The number of halogens is 1. The molecule has 2 rings (SSSR count). The van der Waals surface area contributed by atoms with Gasteiger partial charge >= 0.3 is 11.9 Å². The summed E-state index contributed by atoms with van der Waals surface area (Å²) in [5.41, 5.74) is 1.90. The summed E-state index contributed by atoms with van der Waals surface area (Å²) in [7, 11) is 0. The number of carboxylic acids is 2. The van der Waals surface area contributed by atoms with Crippen LogP contribution < -0.4 is 0 Å². The molecule has 116 valence electrons. The van der Waals surface area contributed by atoms with Gasteiger partial charge in [-0.3, -0.25) is 4.79 Å². The third kappa shape index (κ3) is 2.61. The van der Waals surface area contributed by atoms with Crippen molar-refractivity contribution < 1.29 is 19.8 Å². The van der Waals surface area contributed by atoms with Crippen molar-refractivity contribution in [3.8, 4) is 0 Å². The van der Waals surface area contributed by atoms with Gasteiger partial charge in [0, 0.05) is 17.3 Å². The molecule has 1 aliphatic rings. The lowest BCUT2D eigenvalue weighted by Gasteiger charge is -2.32. The zero-order chi connectivity index (χ0) is 16.5. The molecule has 0 aliphatic heterocycles. The first-order valence-corrected chi connectivity index (χ1v) is 7.96. The van der Waals surface area contributed by atoms with Gasteiger partial charge in [0.05, 0.1) is 0 Å². The standard InChI is InChI=1S/C17H17BrO4/c1-10-4-3-5-14(13(10)9-18)17(16(21)22)7-6-11(2)12(8-17)15(19)20/h3-7H,8-9H2,1-2H3,(H,19,20)(H,21,22). The normalized spacial score (nSPS) is 21.0. The van der Waals surface area contributed by atoms with Crippen LogP contribution in [0.5, 0.6) is 0 Å². The molecule has 2 N–H and O–H groups in total. The molecule has 0 bridgehead atoms. The van der Waals surface area contributed by atoms with Crippen LogP contribution >= 0.6 is 15.9 Å². The monoisotopic (exact) mass is 364 g/mol. The van der Waals surface area contributed by atoms with Gasteiger partial charge in [0.25, 0.3) is 0 Å². The Bertz CT molecular complexity index is 703. The molecule has 0 saturated carbocycles. The van der Waals surface area contributed by atoms with E-state index < -0.39 is 17.4 Å². The Morgan fingerprint density at radius 2 is 1.95 bits per heavy atom. The van der Waals surface area contributed by atoms with Crippen LogP contribution in [-0.2, 0) is 20.3 Å². The minimum absolute atomic E-state index is 0.0521. The van der Waals surface area contributed by atoms with Crippen molar-refractivity contribution in [3.63, 3.8) is 0 Å². The Labute approximate surface area is 137 Å². The number of allylic oxidation sites excluding steroid dienone is 2. The summed E-state index contributed by atoms with van der Waals surface area (Å²) < 4.78 is 0. The van der Waals surface area contributed by atoms with Crippen LogP contribution in [0.3, 0.4) is 0 Å². The second kappa shape index (κ2) is 6.08. The summed E-state index contributed by atoms with van der Waals surface area (Å²) in [4.78, 5) is 23.5. The highest BCUT2D eigenvalue weighted by atomic mass is 79.9. The van der Waals surface area contributed by atoms with E-state index in [2.05, 4.69) is 15.9 Å². The molecule has 0 amide bonds. The molecule has 22 heavy (non-hydrogen) atoms. The number of alkyl halides is 1. The van der Waals surface area contributed by atoms with E-state index in [1.165, 1.54) is 0 Å². The zero-order valence-electron chi connectivity index (χ0n) is 12.4. The van der Waals surface area contributed by atoms with Gasteiger partial charge in [-0.25, -0.2) is 4.79 Å². The summed E-state index contributed by atoms with van der Waals surface area (Å²) in [5, 5.41) is 19.7. The van der Waals surface area contributed by atoms with Crippen molar-refractivity contribution in [2.75, 3.05) is 0 Å². The fourth-order valence-corrected chi connectivity index (χ4v) is 3.58. The molecule has 1 aromatic rings. The molecule has 1 atom stereocenters. The maximum Gasteiger partial charge on any atom is 0.331 e. The molecule has 5 heteroatoms. The van der Waals surface area contributed by atoms with Crippen molar-refractivity contribution >= 4 is 27.9 Å². The predicted octanol–water partition coefficient (Wildman–Crippen LogP) is 3.57. The number of carboxylic acid groups (broad SMARTS) is 2. The quantitative estimate of drug-likeness (QED) is 0.800. The SMILES string of the molecule is CC1=C(C(=O)O)CC(C(=O)O)(c2cccc(C)c2CBr)C=C1. The maximum atomic E-state index is 12.0. The van der Waals surface area contributed by atoms with E-state index in [1.807, 2.05) is 13.0 Å². The lowest BCUT2D eigenvalue weighted by molar-refractivity contribution is -0.142. The zero-order valence-corrected chi connectivity index (χ0v) is 14.0. The van der Waals surface area contributed by atoms with Crippen LogP contribution in [0.1, 0.15) is 30.0 Å². The Morgan fingerprint density at radius 3 is 2.50 bits per heavy atom. The second-order valence-corrected chi connectivity index (χ2v) is 6.05. The fraction of sp³-hybridized carbons (Fsp3) is 0.294. The van der Waals surface area contributed by atoms with E-state index in [1.54, 1.807) is 31.2 Å². The largest absolute Gasteiger partial charge is 0.480 e. The first-order valence-electron chi connectivity index (χ1n) is 6.84. The average molecular weight is 365 g/mol. The topological polar surface area (TPSA) is 74.6 Å². The molecule has 4 nitrogen and oxygen atoms in total. The van der Waals surface area contributed by atoms with Gasteiger partial charge in [0.2, 0.25) is 0 Å². The molecule has 0 spiro atoms. The molecule has 0 radical (unpaired) electrons. The van der Waals surface area contributed by atoms with Crippen LogP contribution in [0.4, 0.5) is 0 Å². The average Bonchev–Trinajstić information content (AvgIpc) is 2.47. The van der Waals surface area contributed by atoms with E-state index in [-0.39, 0.29) is 12.0 Å². The smallest absolute Gasteiger partial charge is 0.331 e. The summed E-state index contributed by atoms with van der Waals surface area (Å²) in [6, 6.07) is 5.49. The van der Waals surface area contributed by atoms with Gasteiger partial charge in [-0.1, -0.05) is 46.3 Å². The van der Waals surface area contributed by atoms with Crippen molar-refractivity contribution in [2.45, 2.75) is 31.0 Å². The summed E-state index contributed by atoms with van der Waals surface area (Å²) >= 11 is 3.41. The molecule has 1 unspecified atom stereocenters. The number of carbonyl (C=O) groups is 2.